The van der Waals surface area contributed by atoms with E-state index in [2.05, 4.69) is 33.1 Å². The molecular weight excluding hydrogens is 457 g/mol. The zero-order valence-electron chi connectivity index (χ0n) is 20.7. The van der Waals surface area contributed by atoms with Crippen molar-refractivity contribution in [1.82, 2.24) is 15.1 Å². The van der Waals surface area contributed by atoms with E-state index >= 15 is 0 Å². The van der Waals surface area contributed by atoms with Crippen LogP contribution in [0, 0.1) is 5.92 Å². The molecule has 2 saturated heterocycles. The normalized spacial score (nSPS) is 16.1. The van der Waals surface area contributed by atoms with Crippen LogP contribution < -0.4 is 10.6 Å². The number of ether oxygens (including phenoxy) is 1. The SMILES string of the molecule is C=C(CC1CCN(C)CC1)OC.CC.O=C(NCC(=O)N1CCCC1)c1ccc(Cl)c(P)c1. The summed E-state index contributed by atoms with van der Waals surface area (Å²) >= 11 is 5.89. The number of halogens is 1. The Bertz CT molecular complexity index is 761. The van der Waals surface area contributed by atoms with Crippen LogP contribution in [0.5, 0.6) is 0 Å². The summed E-state index contributed by atoms with van der Waals surface area (Å²) in [5.41, 5.74) is 0.503. The highest BCUT2D eigenvalue weighted by atomic mass is 35.5. The molecule has 0 aliphatic carbocycles. The molecule has 1 aromatic rings. The molecule has 0 saturated carbocycles. The van der Waals surface area contributed by atoms with Crippen molar-refractivity contribution in [3.05, 3.63) is 41.1 Å². The molecule has 0 radical (unpaired) electrons. The second-order valence-electron chi connectivity index (χ2n) is 8.20. The van der Waals surface area contributed by atoms with E-state index in [0.29, 0.717) is 10.6 Å². The van der Waals surface area contributed by atoms with Gasteiger partial charge < -0.3 is 19.9 Å². The van der Waals surface area contributed by atoms with Gasteiger partial charge in [0.25, 0.3) is 5.91 Å². The molecule has 1 unspecified atom stereocenters. The van der Waals surface area contributed by atoms with Crippen LogP contribution >= 0.6 is 20.8 Å². The molecule has 0 aromatic heterocycles. The number of methoxy groups -OCH3 is 1. The number of carbonyl (C=O) groups excluding carboxylic acids is 2. The number of nitrogens with one attached hydrogen (secondary N) is 1. The lowest BCUT2D eigenvalue weighted by Gasteiger charge is -2.28. The molecule has 2 aliphatic heterocycles. The lowest BCUT2D eigenvalue weighted by atomic mass is 9.93. The van der Waals surface area contributed by atoms with Gasteiger partial charge in [-0.2, -0.15) is 0 Å². The number of amides is 2. The minimum absolute atomic E-state index is 0.0223. The second kappa shape index (κ2) is 16.1. The van der Waals surface area contributed by atoms with Gasteiger partial charge in [0, 0.05) is 30.1 Å². The van der Waals surface area contributed by atoms with E-state index in [0.717, 1.165) is 49.3 Å². The Hall–Kier alpha value is -1.62. The third kappa shape index (κ3) is 10.9. The fourth-order valence-corrected chi connectivity index (χ4v) is 4.09. The average Bonchev–Trinajstić information content (AvgIpc) is 3.37. The Balaban J connectivity index is 0.000000335. The summed E-state index contributed by atoms with van der Waals surface area (Å²) in [4.78, 5) is 27.8. The zero-order valence-corrected chi connectivity index (χ0v) is 22.6. The summed E-state index contributed by atoms with van der Waals surface area (Å²) in [6, 6.07) is 5.00. The highest BCUT2D eigenvalue weighted by Crippen LogP contribution is 2.22. The predicted octanol–water partition coefficient (Wildman–Crippen LogP) is 4.10. The van der Waals surface area contributed by atoms with Crippen molar-refractivity contribution in [2.24, 2.45) is 5.92 Å². The molecule has 186 valence electrons. The minimum atomic E-state index is -0.257. The number of hydrogen-bond acceptors (Lipinski definition) is 4. The van der Waals surface area contributed by atoms with Crippen molar-refractivity contribution in [2.75, 3.05) is 46.9 Å². The number of rotatable bonds is 6. The Kier molecular flexibility index (Phi) is 14.3. The number of allylic oxidation sites excluding steroid dienone is 1. The summed E-state index contributed by atoms with van der Waals surface area (Å²) < 4.78 is 5.07. The van der Waals surface area contributed by atoms with Crippen molar-refractivity contribution < 1.29 is 14.3 Å². The quantitative estimate of drug-likeness (QED) is 0.475. The van der Waals surface area contributed by atoms with Crippen molar-refractivity contribution in [3.8, 4) is 0 Å². The van der Waals surface area contributed by atoms with Crippen LogP contribution in [-0.4, -0.2) is 68.5 Å². The van der Waals surface area contributed by atoms with Crippen molar-refractivity contribution in [3.63, 3.8) is 0 Å². The standard InChI is InChI=1S/C13H16ClN2O2P.C10H19NO.C2H6/c14-10-4-3-9(7-11(10)19)13(18)15-8-12(17)16-5-1-2-6-16;1-9(12-3)8-10-4-6-11(2)7-5-10;1-2/h3-4,7H,1-2,5-6,8,19H2,(H,15,18);10H,1,4-8H2,2-3H3;1-2H3. The first-order valence-corrected chi connectivity index (χ1v) is 12.8. The van der Waals surface area contributed by atoms with Crippen LogP contribution in [0.25, 0.3) is 0 Å². The molecular formula is C25H41ClN3O3P. The van der Waals surface area contributed by atoms with Gasteiger partial charge in [0.1, 0.15) is 0 Å². The molecule has 8 heteroatoms. The van der Waals surface area contributed by atoms with Gasteiger partial charge in [-0.05, 0) is 75.2 Å². The second-order valence-corrected chi connectivity index (χ2v) is 9.23. The van der Waals surface area contributed by atoms with Gasteiger partial charge >= 0.3 is 0 Å². The van der Waals surface area contributed by atoms with Crippen LogP contribution in [0.4, 0.5) is 0 Å². The molecule has 1 atom stereocenters. The molecule has 2 fully saturated rings. The van der Waals surface area contributed by atoms with E-state index < -0.39 is 0 Å². The third-order valence-corrected chi connectivity index (χ3v) is 6.77. The van der Waals surface area contributed by atoms with Crippen LogP contribution in [0.3, 0.4) is 0 Å². The summed E-state index contributed by atoms with van der Waals surface area (Å²) in [5, 5.41) is 4.00. The van der Waals surface area contributed by atoms with E-state index in [1.54, 1.807) is 30.2 Å². The fraction of sp³-hybridized carbons (Fsp3) is 0.600. The molecule has 2 aliphatic rings. The molecule has 33 heavy (non-hydrogen) atoms. The molecule has 2 heterocycles. The topological polar surface area (TPSA) is 61.9 Å². The first kappa shape index (κ1) is 29.4. The summed E-state index contributed by atoms with van der Waals surface area (Å²) in [6.07, 6.45) is 5.72. The van der Waals surface area contributed by atoms with Gasteiger partial charge in [-0.15, -0.1) is 9.24 Å². The highest BCUT2D eigenvalue weighted by molar-refractivity contribution is 7.28. The van der Waals surface area contributed by atoms with Crippen LogP contribution in [0.2, 0.25) is 5.02 Å². The molecule has 6 nitrogen and oxygen atoms in total. The molecule has 1 aromatic carbocycles. The molecule has 2 amide bonds. The number of carbonyl (C=O) groups is 2. The smallest absolute Gasteiger partial charge is 0.251 e. The van der Waals surface area contributed by atoms with Crippen LogP contribution in [0.15, 0.2) is 30.5 Å². The Morgan fingerprint density at radius 1 is 1.18 bits per heavy atom. The monoisotopic (exact) mass is 497 g/mol. The number of likely N-dealkylation sites (tertiary alicyclic amines) is 2. The van der Waals surface area contributed by atoms with Gasteiger partial charge in [0.15, 0.2) is 0 Å². The highest BCUT2D eigenvalue weighted by Gasteiger charge is 2.19. The van der Waals surface area contributed by atoms with E-state index in [9.17, 15) is 9.59 Å². The fourth-order valence-electron chi connectivity index (χ4n) is 3.69. The van der Waals surface area contributed by atoms with Gasteiger partial charge in [-0.3, -0.25) is 9.59 Å². The maximum Gasteiger partial charge on any atom is 0.251 e. The first-order chi connectivity index (χ1) is 15.8. The summed E-state index contributed by atoms with van der Waals surface area (Å²) in [6.45, 7) is 11.9. The van der Waals surface area contributed by atoms with Crippen molar-refractivity contribution >= 4 is 38.0 Å². The van der Waals surface area contributed by atoms with E-state index in [1.807, 2.05) is 13.8 Å². The van der Waals surface area contributed by atoms with E-state index in [1.165, 1.54) is 25.9 Å². The average molecular weight is 498 g/mol. The van der Waals surface area contributed by atoms with E-state index in [-0.39, 0.29) is 18.4 Å². The largest absolute Gasteiger partial charge is 0.502 e. The maximum absolute atomic E-state index is 11.9. The molecule has 0 bridgehead atoms. The van der Waals surface area contributed by atoms with E-state index in [4.69, 9.17) is 16.3 Å². The Labute approximate surface area is 207 Å². The summed E-state index contributed by atoms with van der Waals surface area (Å²) in [5.74, 6) is 1.46. The molecule has 1 N–H and O–H groups in total. The Morgan fingerprint density at radius 3 is 2.33 bits per heavy atom. The maximum atomic E-state index is 11.9. The first-order valence-electron chi connectivity index (χ1n) is 11.8. The number of hydrogen-bond donors (Lipinski definition) is 1. The lowest BCUT2D eigenvalue weighted by Crippen LogP contribution is -2.38. The van der Waals surface area contributed by atoms with Crippen molar-refractivity contribution in [1.29, 1.82) is 0 Å². The third-order valence-electron chi connectivity index (χ3n) is 5.76. The number of piperidine rings is 1. The zero-order chi connectivity index (χ0) is 24.8. The molecule has 0 spiro atoms. The Morgan fingerprint density at radius 2 is 1.79 bits per heavy atom. The predicted molar refractivity (Wildman–Crippen MR) is 141 cm³/mol. The number of nitrogens with zero attached hydrogens (tertiary/aromatic N) is 2. The van der Waals surface area contributed by atoms with Crippen LogP contribution in [0.1, 0.15) is 56.3 Å². The van der Waals surface area contributed by atoms with Crippen LogP contribution in [-0.2, 0) is 9.53 Å². The van der Waals surface area contributed by atoms with Crippen molar-refractivity contribution in [2.45, 2.75) is 46.0 Å². The minimum Gasteiger partial charge on any atom is -0.502 e. The molecule has 3 rings (SSSR count). The lowest BCUT2D eigenvalue weighted by molar-refractivity contribution is -0.129. The van der Waals surface area contributed by atoms with Gasteiger partial charge in [0.2, 0.25) is 5.91 Å². The van der Waals surface area contributed by atoms with Gasteiger partial charge in [0.05, 0.1) is 19.4 Å². The number of benzene rings is 1. The van der Waals surface area contributed by atoms with Gasteiger partial charge in [-0.1, -0.05) is 32.0 Å². The van der Waals surface area contributed by atoms with Gasteiger partial charge in [-0.25, -0.2) is 0 Å². The summed E-state index contributed by atoms with van der Waals surface area (Å²) in [7, 11) is 6.36.